The van der Waals surface area contributed by atoms with Gasteiger partial charge in [-0.05, 0) is 13.8 Å². The topological polar surface area (TPSA) is 15.3 Å². The van der Waals surface area contributed by atoms with Crippen LogP contribution < -0.4 is 5.32 Å². The van der Waals surface area contributed by atoms with E-state index in [0.717, 1.165) is 13.1 Å². The lowest BCUT2D eigenvalue weighted by molar-refractivity contribution is 0.147. The molecule has 0 aliphatic carbocycles. The van der Waals surface area contributed by atoms with Crippen LogP contribution in [-0.4, -0.2) is 35.0 Å². The lowest BCUT2D eigenvalue weighted by atomic mass is 10.0. The Morgan fingerprint density at radius 1 is 1.58 bits per heavy atom. The van der Waals surface area contributed by atoms with Crippen LogP contribution in [0, 0.1) is 0 Å². The molecular weight excluding hydrogens is 218 g/mol. The van der Waals surface area contributed by atoms with Gasteiger partial charge in [0.2, 0.25) is 0 Å². The molecule has 1 aliphatic rings. The van der Waals surface area contributed by atoms with Crippen LogP contribution in [-0.2, 0) is 0 Å². The van der Waals surface area contributed by atoms with Crippen molar-refractivity contribution in [3.8, 4) is 0 Å². The van der Waals surface area contributed by atoms with E-state index in [-0.39, 0.29) is 23.4 Å². The Morgan fingerprint density at radius 3 is 2.58 bits per heavy atom. The zero-order chi connectivity index (χ0) is 8.48. The molecule has 0 radical (unpaired) electrons. The van der Waals surface area contributed by atoms with Crippen LogP contribution in [0.2, 0.25) is 0 Å². The first-order chi connectivity index (χ1) is 5.08. The Kier molecular flexibility index (Phi) is 5.19. The van der Waals surface area contributed by atoms with E-state index in [4.69, 9.17) is 23.2 Å². The van der Waals surface area contributed by atoms with Gasteiger partial charge < -0.3 is 5.32 Å². The Bertz CT molecular complexity index is 141. The Labute approximate surface area is 90.0 Å². The minimum Gasteiger partial charge on any atom is -0.308 e. The summed E-state index contributed by atoms with van der Waals surface area (Å²) in [5.74, 6) is 0. The Balaban J connectivity index is 0.00000121. The molecule has 1 rings (SSSR count). The Hall–Kier alpha value is 0.790. The first-order valence-electron chi connectivity index (χ1n) is 3.77. The van der Waals surface area contributed by atoms with Gasteiger partial charge in [0, 0.05) is 18.6 Å². The van der Waals surface area contributed by atoms with Gasteiger partial charge in [-0.3, -0.25) is 4.90 Å². The summed E-state index contributed by atoms with van der Waals surface area (Å²) in [6, 6.07) is 0.513. The number of hydrogen-bond donors (Lipinski definition) is 1. The normalized spacial score (nSPS) is 29.5. The quantitative estimate of drug-likeness (QED) is 0.549. The summed E-state index contributed by atoms with van der Waals surface area (Å²) < 4.78 is 0. The van der Waals surface area contributed by atoms with Gasteiger partial charge >= 0.3 is 0 Å². The van der Waals surface area contributed by atoms with E-state index in [0.29, 0.717) is 6.00 Å². The fourth-order valence-electron chi connectivity index (χ4n) is 1.30. The molecule has 1 heterocycles. The lowest BCUT2D eigenvalue weighted by Gasteiger charge is -2.42. The van der Waals surface area contributed by atoms with E-state index >= 15 is 0 Å². The number of nitrogens with one attached hydrogen (secondary N) is 1. The highest BCUT2D eigenvalue weighted by atomic mass is 35.5. The van der Waals surface area contributed by atoms with Crippen LogP contribution in [0.3, 0.4) is 0 Å². The number of halogens is 3. The van der Waals surface area contributed by atoms with E-state index in [2.05, 4.69) is 24.1 Å². The number of piperazine rings is 1. The summed E-state index contributed by atoms with van der Waals surface area (Å²) in [5.41, 5.74) is -0.0388. The van der Waals surface area contributed by atoms with E-state index in [1.807, 2.05) is 0 Å². The second-order valence-corrected chi connectivity index (χ2v) is 4.07. The number of nitrogens with zero attached hydrogens (tertiary/aromatic N) is 1. The molecule has 1 N–H and O–H groups in total. The largest absolute Gasteiger partial charge is 0.308 e. The zero-order valence-electron chi connectivity index (χ0n) is 7.31. The smallest absolute Gasteiger partial charge is 0.104 e. The number of rotatable bonds is 1. The highest BCUT2D eigenvalue weighted by molar-refractivity contribution is 6.22. The standard InChI is InChI=1S/C7H14Cl2N2.ClH/c1-7(2)6(9)11(5-8)4-3-10-7;/h6,10H,3-5H2,1-2H3;1H. The SMILES string of the molecule is CC1(C)NCCN(CCl)C1Cl.Cl. The molecule has 1 fully saturated rings. The number of hydrogen-bond acceptors (Lipinski definition) is 2. The molecule has 1 unspecified atom stereocenters. The first kappa shape index (κ1) is 12.8. The fraction of sp³-hybridized carbons (Fsp3) is 1.00. The summed E-state index contributed by atoms with van der Waals surface area (Å²) in [5, 5.41) is 3.34. The summed E-state index contributed by atoms with van der Waals surface area (Å²) in [7, 11) is 0. The van der Waals surface area contributed by atoms with Crippen LogP contribution in [0.1, 0.15) is 13.8 Å². The number of alkyl halides is 2. The Morgan fingerprint density at radius 2 is 2.17 bits per heavy atom. The predicted molar refractivity (Wildman–Crippen MR) is 56.4 cm³/mol. The van der Waals surface area contributed by atoms with Crippen molar-refractivity contribution in [1.29, 1.82) is 0 Å². The summed E-state index contributed by atoms with van der Waals surface area (Å²) >= 11 is 11.9. The van der Waals surface area contributed by atoms with E-state index in [9.17, 15) is 0 Å². The molecule has 2 nitrogen and oxygen atoms in total. The molecule has 5 heteroatoms. The zero-order valence-corrected chi connectivity index (χ0v) is 9.64. The fourth-order valence-corrected chi connectivity index (χ4v) is 1.87. The van der Waals surface area contributed by atoms with Crippen molar-refractivity contribution in [3.05, 3.63) is 0 Å². The van der Waals surface area contributed by atoms with Crippen LogP contribution in [0.4, 0.5) is 0 Å². The molecular formula is C7H15Cl3N2. The maximum atomic E-state index is 6.15. The van der Waals surface area contributed by atoms with Crippen molar-refractivity contribution >= 4 is 35.6 Å². The molecule has 0 bridgehead atoms. The van der Waals surface area contributed by atoms with Crippen molar-refractivity contribution in [1.82, 2.24) is 10.2 Å². The molecule has 1 atom stereocenters. The van der Waals surface area contributed by atoms with Gasteiger partial charge in [-0.15, -0.1) is 35.6 Å². The van der Waals surface area contributed by atoms with Gasteiger partial charge in [-0.1, -0.05) is 0 Å². The third-order valence-corrected chi connectivity index (χ3v) is 3.18. The molecule has 12 heavy (non-hydrogen) atoms. The molecule has 0 saturated carbocycles. The van der Waals surface area contributed by atoms with Gasteiger partial charge in [0.25, 0.3) is 0 Å². The lowest BCUT2D eigenvalue weighted by Crippen LogP contribution is -2.61. The van der Waals surface area contributed by atoms with Gasteiger partial charge in [-0.2, -0.15) is 0 Å². The van der Waals surface area contributed by atoms with E-state index in [1.165, 1.54) is 0 Å². The third kappa shape index (κ3) is 2.64. The summed E-state index contributed by atoms with van der Waals surface area (Å²) in [6.07, 6.45) is 0. The van der Waals surface area contributed by atoms with Crippen LogP contribution in [0.25, 0.3) is 0 Å². The highest BCUT2D eigenvalue weighted by Gasteiger charge is 2.35. The van der Waals surface area contributed by atoms with Crippen LogP contribution in [0.5, 0.6) is 0 Å². The molecule has 1 saturated heterocycles. The van der Waals surface area contributed by atoms with Crippen molar-refractivity contribution < 1.29 is 0 Å². The van der Waals surface area contributed by atoms with E-state index < -0.39 is 0 Å². The van der Waals surface area contributed by atoms with Crippen molar-refractivity contribution in [2.45, 2.75) is 24.9 Å². The maximum absolute atomic E-state index is 6.15. The monoisotopic (exact) mass is 232 g/mol. The van der Waals surface area contributed by atoms with Crippen molar-refractivity contribution in [2.24, 2.45) is 0 Å². The minimum absolute atomic E-state index is 0. The molecule has 0 aromatic carbocycles. The summed E-state index contributed by atoms with van der Waals surface area (Å²) in [4.78, 5) is 2.06. The van der Waals surface area contributed by atoms with Crippen molar-refractivity contribution in [2.75, 3.05) is 19.1 Å². The average molecular weight is 234 g/mol. The first-order valence-corrected chi connectivity index (χ1v) is 4.74. The molecule has 1 aliphatic heterocycles. The highest BCUT2D eigenvalue weighted by Crippen LogP contribution is 2.22. The second-order valence-electron chi connectivity index (χ2n) is 3.42. The molecule has 0 aromatic heterocycles. The molecule has 0 amide bonds. The third-order valence-electron chi connectivity index (χ3n) is 2.05. The van der Waals surface area contributed by atoms with Gasteiger partial charge in [0.1, 0.15) is 5.50 Å². The predicted octanol–water partition coefficient (Wildman–Crippen LogP) is 1.85. The minimum atomic E-state index is -0.0330. The summed E-state index contributed by atoms with van der Waals surface area (Å²) in [6.45, 7) is 6.07. The van der Waals surface area contributed by atoms with Crippen molar-refractivity contribution in [3.63, 3.8) is 0 Å². The molecule has 0 spiro atoms. The van der Waals surface area contributed by atoms with E-state index in [1.54, 1.807) is 0 Å². The maximum Gasteiger partial charge on any atom is 0.104 e. The molecule has 0 aromatic rings. The van der Waals surface area contributed by atoms with Gasteiger partial charge in [0.05, 0.1) is 6.00 Å². The van der Waals surface area contributed by atoms with Crippen LogP contribution >= 0.6 is 35.6 Å². The van der Waals surface area contributed by atoms with Gasteiger partial charge in [-0.25, -0.2) is 0 Å². The molecule has 74 valence electrons. The van der Waals surface area contributed by atoms with Crippen LogP contribution in [0.15, 0.2) is 0 Å². The second kappa shape index (κ2) is 4.87. The van der Waals surface area contributed by atoms with Gasteiger partial charge in [0.15, 0.2) is 0 Å². The average Bonchev–Trinajstić information content (AvgIpc) is 1.95.